The molecule has 5 rings (SSSR count). The molecule has 2 fully saturated rings. The van der Waals surface area contributed by atoms with E-state index < -0.39 is 47.2 Å². The van der Waals surface area contributed by atoms with Gasteiger partial charge in [-0.15, -0.1) is 4.65 Å². The monoisotopic (exact) mass is 563 g/mol. The number of hydrogen-bond donors (Lipinski definition) is 2. The van der Waals surface area contributed by atoms with Crippen molar-refractivity contribution in [3.8, 4) is 0 Å². The molecule has 2 N–H and O–H groups in total. The Morgan fingerprint density at radius 1 is 1.23 bits per heavy atom. The standard InChI is InChI=1S/C29H40ClN2O7/c1-16(2)32(6)25-21(14-17(3)15-22(25)30)29(36)23(20-12-9-11-19-10-7-8-13-28(19,20)35)24(31(5)27(29)37-32)26(34)39-38-18(4)33/h9,11,14-16,19-20,23-24,27,35-36H,7-8,10,12-13H2,1-6H3/q+1/t19-,20-,23-,24-,27+,28+,29-,32+/m0/s1. The van der Waals surface area contributed by atoms with Gasteiger partial charge in [0, 0.05) is 18.8 Å². The van der Waals surface area contributed by atoms with Crippen LogP contribution in [0.5, 0.6) is 0 Å². The van der Waals surface area contributed by atoms with Crippen molar-refractivity contribution in [3.63, 3.8) is 0 Å². The molecule has 9 nitrogen and oxygen atoms in total. The van der Waals surface area contributed by atoms with Gasteiger partial charge in [0.25, 0.3) is 0 Å². The fraction of sp³-hybridized carbons (Fsp3) is 0.655. The lowest BCUT2D eigenvalue weighted by molar-refractivity contribution is -0.289. The number of hydroxylamine groups is 2. The quantitative estimate of drug-likeness (QED) is 0.247. The second-order valence-electron chi connectivity index (χ2n) is 12.2. The van der Waals surface area contributed by atoms with E-state index in [0.717, 1.165) is 31.7 Å². The molecule has 2 heterocycles. The third-order valence-electron chi connectivity index (χ3n) is 9.72. The van der Waals surface area contributed by atoms with Crippen LogP contribution in [0.4, 0.5) is 5.69 Å². The van der Waals surface area contributed by atoms with Crippen LogP contribution < -0.4 is 4.65 Å². The molecular formula is C29H40ClN2O7+. The van der Waals surface area contributed by atoms with Crippen LogP contribution >= 0.6 is 11.6 Å². The van der Waals surface area contributed by atoms with E-state index in [0.29, 0.717) is 29.1 Å². The number of carbonyl (C=O) groups is 2. The number of rotatable bonds is 3. The number of nitrogens with zero attached hydrogens (tertiary/aromatic N) is 2. The first-order chi connectivity index (χ1) is 18.3. The molecular weight excluding hydrogens is 524 g/mol. The number of likely N-dealkylation sites (tertiary alicyclic amines) is 1. The molecule has 39 heavy (non-hydrogen) atoms. The van der Waals surface area contributed by atoms with Crippen LogP contribution in [0.3, 0.4) is 0 Å². The van der Waals surface area contributed by atoms with Crippen LogP contribution in [0.1, 0.15) is 64.0 Å². The number of likely N-dealkylation sites (N-methyl/N-ethyl adjacent to an activating group) is 1. The van der Waals surface area contributed by atoms with Crippen molar-refractivity contribution in [2.75, 3.05) is 14.1 Å². The van der Waals surface area contributed by atoms with Crippen LogP contribution in [0.15, 0.2) is 24.3 Å². The van der Waals surface area contributed by atoms with Gasteiger partial charge in [-0.1, -0.05) is 36.6 Å². The predicted molar refractivity (Wildman–Crippen MR) is 145 cm³/mol. The highest BCUT2D eigenvalue weighted by molar-refractivity contribution is 6.33. The summed E-state index contributed by atoms with van der Waals surface area (Å²) in [4.78, 5) is 43.3. The molecule has 1 aromatic rings. The zero-order valence-corrected chi connectivity index (χ0v) is 24.3. The minimum absolute atomic E-state index is 0.0261. The molecule has 0 radical (unpaired) electrons. The Labute approximate surface area is 234 Å². The molecule has 2 aliphatic carbocycles. The van der Waals surface area contributed by atoms with Crippen molar-refractivity contribution >= 4 is 29.2 Å². The third-order valence-corrected chi connectivity index (χ3v) is 10.0. The fourth-order valence-electron chi connectivity index (χ4n) is 7.68. The highest BCUT2D eigenvalue weighted by Crippen LogP contribution is 2.61. The second kappa shape index (κ2) is 9.82. The largest absolute Gasteiger partial charge is 0.389 e. The molecule has 1 aromatic carbocycles. The molecule has 0 amide bonds. The molecule has 0 spiro atoms. The van der Waals surface area contributed by atoms with Gasteiger partial charge in [-0.25, -0.2) is 19.4 Å². The van der Waals surface area contributed by atoms with Gasteiger partial charge in [0.05, 0.1) is 11.2 Å². The Morgan fingerprint density at radius 3 is 2.62 bits per heavy atom. The predicted octanol–water partition coefficient (Wildman–Crippen LogP) is 3.90. The molecule has 8 atom stereocenters. The van der Waals surface area contributed by atoms with Crippen molar-refractivity contribution < 1.29 is 34.4 Å². The van der Waals surface area contributed by atoms with Gasteiger partial charge in [0.15, 0.2) is 5.69 Å². The fourth-order valence-corrected chi connectivity index (χ4v) is 8.13. The van der Waals surface area contributed by atoms with Crippen molar-refractivity contribution in [1.82, 2.24) is 9.55 Å². The summed E-state index contributed by atoms with van der Waals surface area (Å²) in [5.74, 6) is -3.05. The lowest BCUT2D eigenvalue weighted by Gasteiger charge is -2.53. The molecule has 214 valence electrons. The number of allylic oxidation sites excluding steroid dienone is 1. The first kappa shape index (κ1) is 28.5. The normalized spacial score (nSPS) is 39.6. The number of aliphatic hydroxyl groups is 2. The number of halogens is 1. The van der Waals surface area contributed by atoms with Gasteiger partial charge >= 0.3 is 11.9 Å². The van der Waals surface area contributed by atoms with Gasteiger partial charge in [-0.3, -0.25) is 4.90 Å². The van der Waals surface area contributed by atoms with Crippen LogP contribution in [0.2, 0.25) is 5.02 Å². The topological polar surface area (TPSA) is 106 Å². The average molecular weight is 564 g/mol. The van der Waals surface area contributed by atoms with Gasteiger partial charge < -0.3 is 10.2 Å². The van der Waals surface area contributed by atoms with E-state index >= 15 is 0 Å². The second-order valence-corrected chi connectivity index (χ2v) is 12.6. The highest BCUT2D eigenvalue weighted by Gasteiger charge is 2.72. The Bertz CT molecular complexity index is 1210. The van der Waals surface area contributed by atoms with Gasteiger partial charge in [0.1, 0.15) is 29.8 Å². The Morgan fingerprint density at radius 2 is 1.95 bits per heavy atom. The van der Waals surface area contributed by atoms with Crippen LogP contribution in [0, 0.1) is 24.7 Å². The lowest BCUT2D eigenvalue weighted by Crippen LogP contribution is -2.65. The SMILES string of the molecule is CC(=O)OOC(=O)[C@@H]1[C@H]([C@@H]2CC=C[C@@H]3CCCC[C@@]32O)[C@@]2(O)c3cc(C)cc(Cl)c3[N@@+](C)(C(C)C)O[C@H]2N1C. The van der Waals surface area contributed by atoms with E-state index in [2.05, 4.69) is 11.0 Å². The summed E-state index contributed by atoms with van der Waals surface area (Å²) in [6.07, 6.45) is 6.84. The zero-order valence-electron chi connectivity index (χ0n) is 23.5. The molecule has 0 bridgehead atoms. The zero-order chi connectivity index (χ0) is 28.5. The van der Waals surface area contributed by atoms with E-state index in [1.807, 2.05) is 46.0 Å². The maximum atomic E-state index is 13.7. The van der Waals surface area contributed by atoms with E-state index in [-0.39, 0.29) is 16.6 Å². The van der Waals surface area contributed by atoms with Gasteiger partial charge in [0.2, 0.25) is 6.23 Å². The summed E-state index contributed by atoms with van der Waals surface area (Å²) in [7, 11) is 3.59. The van der Waals surface area contributed by atoms with E-state index in [1.165, 1.54) is 0 Å². The summed E-state index contributed by atoms with van der Waals surface area (Å²) in [5.41, 5.74) is -0.815. The van der Waals surface area contributed by atoms with Crippen LogP contribution in [0.25, 0.3) is 0 Å². The van der Waals surface area contributed by atoms with Crippen molar-refractivity contribution in [2.45, 2.75) is 89.3 Å². The first-order valence-electron chi connectivity index (χ1n) is 13.8. The molecule has 0 aromatic heterocycles. The molecule has 1 saturated carbocycles. The summed E-state index contributed by atoms with van der Waals surface area (Å²) in [6, 6.07) is 2.60. The van der Waals surface area contributed by atoms with Gasteiger partial charge in [-0.2, -0.15) is 4.84 Å². The maximum absolute atomic E-state index is 13.7. The molecule has 2 aliphatic heterocycles. The summed E-state index contributed by atoms with van der Waals surface area (Å²) < 4.78 is -0.0261. The Hall–Kier alpha value is -2.01. The molecule has 4 aliphatic rings. The minimum atomic E-state index is -1.74. The molecule has 0 unspecified atom stereocenters. The molecule has 10 heteroatoms. The minimum Gasteiger partial charge on any atom is -0.389 e. The van der Waals surface area contributed by atoms with E-state index in [9.17, 15) is 19.8 Å². The van der Waals surface area contributed by atoms with Crippen LogP contribution in [-0.4, -0.2) is 65.1 Å². The number of benzene rings is 1. The summed E-state index contributed by atoms with van der Waals surface area (Å²) in [5, 5.41) is 25.8. The van der Waals surface area contributed by atoms with Crippen molar-refractivity contribution in [3.05, 3.63) is 40.4 Å². The van der Waals surface area contributed by atoms with Crippen LogP contribution in [-0.2, 0) is 29.8 Å². The number of quaternary nitrogens is 1. The average Bonchev–Trinajstić information content (AvgIpc) is 3.08. The van der Waals surface area contributed by atoms with E-state index in [1.54, 1.807) is 11.9 Å². The van der Waals surface area contributed by atoms with Gasteiger partial charge in [-0.05, 0) is 70.7 Å². The molecule has 1 saturated heterocycles. The van der Waals surface area contributed by atoms with Crippen molar-refractivity contribution in [1.29, 1.82) is 0 Å². The third kappa shape index (κ3) is 4.16. The number of carbonyl (C=O) groups excluding carboxylic acids is 2. The summed E-state index contributed by atoms with van der Waals surface area (Å²) in [6.45, 7) is 7.07. The van der Waals surface area contributed by atoms with Crippen molar-refractivity contribution in [2.24, 2.45) is 17.8 Å². The first-order valence-corrected chi connectivity index (χ1v) is 14.2. The number of aryl methyl sites for hydroxylation is 1. The smallest absolute Gasteiger partial charge is 0.373 e. The van der Waals surface area contributed by atoms with E-state index in [4.69, 9.17) is 21.3 Å². The Kier molecular flexibility index (Phi) is 7.18. The highest BCUT2D eigenvalue weighted by atomic mass is 35.5. The summed E-state index contributed by atoms with van der Waals surface area (Å²) >= 11 is 6.89. The maximum Gasteiger partial charge on any atom is 0.373 e. The lowest BCUT2D eigenvalue weighted by atomic mass is 9.57. The number of hydrogen-bond acceptors (Lipinski definition) is 8. The number of fused-ring (bicyclic) bond motifs is 4. The Balaban J connectivity index is 1.75.